The van der Waals surface area contributed by atoms with Crippen LogP contribution in [0.1, 0.15) is 11.9 Å². The molecule has 1 aliphatic rings. The summed E-state index contributed by atoms with van der Waals surface area (Å²) in [6, 6.07) is 13.4. The number of ether oxygens (including phenoxy) is 2. The molecule has 1 N–H and O–H groups in total. The minimum atomic E-state index is -0.604. The van der Waals surface area contributed by atoms with Gasteiger partial charge in [-0.1, -0.05) is 11.6 Å². The van der Waals surface area contributed by atoms with Crippen LogP contribution in [0.15, 0.2) is 42.5 Å². The number of hydrogen-bond acceptors (Lipinski definition) is 7. The lowest BCUT2D eigenvalue weighted by molar-refractivity contribution is -0.0749. The monoisotopic (exact) mass is 461 g/mol. The summed E-state index contributed by atoms with van der Waals surface area (Å²) in [5.41, 5.74) is 0.940. The lowest BCUT2D eigenvalue weighted by atomic mass is 10.2. The van der Waals surface area contributed by atoms with Crippen LogP contribution in [0.4, 0.5) is 0 Å². The highest BCUT2D eigenvalue weighted by Gasteiger charge is 2.28. The van der Waals surface area contributed by atoms with Crippen LogP contribution in [-0.2, 0) is 0 Å². The van der Waals surface area contributed by atoms with Gasteiger partial charge in [0.1, 0.15) is 24.2 Å². The number of thiazole rings is 1. The molecule has 6 nitrogen and oxygen atoms in total. The molecule has 0 bridgehead atoms. The number of aromatic nitrogens is 1. The van der Waals surface area contributed by atoms with E-state index in [0.717, 1.165) is 59.4 Å². The molecule has 8 heteroatoms. The number of halogens is 1. The van der Waals surface area contributed by atoms with E-state index >= 15 is 0 Å². The Kier molecular flexibility index (Phi) is 7.30. The number of fused-ring (bicyclic) bond motifs is 1. The van der Waals surface area contributed by atoms with Gasteiger partial charge in [0.05, 0.1) is 15.2 Å². The van der Waals surface area contributed by atoms with Gasteiger partial charge in [-0.15, -0.1) is 11.3 Å². The Morgan fingerprint density at radius 3 is 2.52 bits per heavy atom. The molecule has 2 heterocycles. The van der Waals surface area contributed by atoms with E-state index in [2.05, 4.69) is 14.8 Å². The summed E-state index contributed by atoms with van der Waals surface area (Å²) in [6.07, 6.45) is -0.989. The lowest BCUT2D eigenvalue weighted by Gasteiger charge is -2.40. The van der Waals surface area contributed by atoms with Crippen molar-refractivity contribution in [2.24, 2.45) is 0 Å². The van der Waals surface area contributed by atoms with Crippen LogP contribution in [0.3, 0.4) is 0 Å². The Bertz CT molecular complexity index is 987. The number of aliphatic hydroxyl groups excluding tert-OH is 1. The largest absolute Gasteiger partial charge is 0.492 e. The van der Waals surface area contributed by atoms with Gasteiger partial charge in [0.2, 0.25) is 0 Å². The summed E-state index contributed by atoms with van der Waals surface area (Å²) in [5.74, 6) is 1.57. The third-order valence-electron chi connectivity index (χ3n) is 5.39. The van der Waals surface area contributed by atoms with E-state index in [9.17, 15) is 5.11 Å². The van der Waals surface area contributed by atoms with Crippen LogP contribution < -0.4 is 9.47 Å². The summed E-state index contributed by atoms with van der Waals surface area (Å²) >= 11 is 7.58. The van der Waals surface area contributed by atoms with Crippen LogP contribution in [0.25, 0.3) is 10.2 Å². The minimum Gasteiger partial charge on any atom is -0.492 e. The van der Waals surface area contributed by atoms with Crippen molar-refractivity contribution in [1.82, 2.24) is 14.8 Å². The maximum atomic E-state index is 10.4. The van der Waals surface area contributed by atoms with Crippen molar-refractivity contribution in [2.75, 3.05) is 39.3 Å². The number of aryl methyl sites for hydroxylation is 1. The van der Waals surface area contributed by atoms with Crippen molar-refractivity contribution in [2.45, 2.75) is 26.2 Å². The maximum absolute atomic E-state index is 10.4. The Hall–Kier alpha value is -1.90. The maximum Gasteiger partial charge on any atom is 0.178 e. The van der Waals surface area contributed by atoms with Gasteiger partial charge < -0.3 is 14.6 Å². The second-order valence-electron chi connectivity index (χ2n) is 7.79. The van der Waals surface area contributed by atoms with Crippen LogP contribution in [0.2, 0.25) is 5.02 Å². The van der Waals surface area contributed by atoms with Crippen molar-refractivity contribution >= 4 is 33.2 Å². The standard InChI is InChI=1S/C23H28ClN3O3S/c1-16(28)23(30-20-7-8-22-21(15-20)25-17(2)31-22)27-11-9-26(10-12-27)13-14-29-19-5-3-18(24)4-6-19/h3-8,15-16,23,28H,9-14H2,1-2H3/t16-,23?/m1/s1. The third-order valence-corrected chi connectivity index (χ3v) is 6.60. The van der Waals surface area contributed by atoms with Gasteiger partial charge in [-0.25, -0.2) is 4.98 Å². The van der Waals surface area contributed by atoms with Gasteiger partial charge in [0.25, 0.3) is 0 Å². The molecule has 2 aromatic carbocycles. The second-order valence-corrected chi connectivity index (χ2v) is 9.46. The van der Waals surface area contributed by atoms with Crippen molar-refractivity contribution in [3.63, 3.8) is 0 Å². The molecule has 1 unspecified atom stereocenters. The molecule has 4 rings (SSSR count). The molecule has 1 fully saturated rings. The molecule has 1 aromatic heterocycles. The fraction of sp³-hybridized carbons (Fsp3) is 0.435. The van der Waals surface area contributed by atoms with E-state index in [1.54, 1.807) is 18.3 Å². The molecule has 0 saturated carbocycles. The first-order chi connectivity index (χ1) is 15.0. The number of nitrogens with zero attached hydrogens (tertiary/aromatic N) is 3. The summed E-state index contributed by atoms with van der Waals surface area (Å²) < 4.78 is 13.2. The van der Waals surface area contributed by atoms with Crippen molar-refractivity contribution in [1.29, 1.82) is 0 Å². The molecular formula is C23H28ClN3O3S. The fourth-order valence-corrected chi connectivity index (χ4v) is 4.71. The Labute approximate surface area is 192 Å². The zero-order valence-electron chi connectivity index (χ0n) is 17.8. The second kappa shape index (κ2) is 10.1. The minimum absolute atomic E-state index is 0.385. The fourth-order valence-electron chi connectivity index (χ4n) is 3.78. The lowest BCUT2D eigenvalue weighted by Crippen LogP contribution is -2.55. The molecule has 3 aromatic rings. The average Bonchev–Trinajstić information content (AvgIpc) is 3.13. The van der Waals surface area contributed by atoms with E-state index in [4.69, 9.17) is 21.1 Å². The number of benzene rings is 2. The van der Waals surface area contributed by atoms with E-state index in [1.807, 2.05) is 49.4 Å². The van der Waals surface area contributed by atoms with Crippen LogP contribution >= 0.6 is 22.9 Å². The topological polar surface area (TPSA) is 58.1 Å². The SMILES string of the molecule is Cc1nc2cc(OC([C@@H](C)O)N3CCN(CCOc4ccc(Cl)cc4)CC3)ccc2s1. The Morgan fingerprint density at radius 2 is 1.81 bits per heavy atom. The zero-order valence-corrected chi connectivity index (χ0v) is 19.4. The Morgan fingerprint density at radius 1 is 1.10 bits per heavy atom. The highest BCUT2D eigenvalue weighted by molar-refractivity contribution is 7.18. The number of rotatable bonds is 8. The van der Waals surface area contributed by atoms with Gasteiger partial charge in [0, 0.05) is 43.8 Å². The van der Waals surface area contributed by atoms with Gasteiger partial charge in [-0.05, 0) is 50.2 Å². The first-order valence-corrected chi connectivity index (χ1v) is 11.7. The zero-order chi connectivity index (χ0) is 21.8. The summed E-state index contributed by atoms with van der Waals surface area (Å²) in [4.78, 5) is 9.12. The number of hydrogen-bond donors (Lipinski definition) is 1. The molecule has 1 saturated heterocycles. The average molecular weight is 462 g/mol. The highest BCUT2D eigenvalue weighted by Crippen LogP contribution is 2.27. The molecule has 2 atom stereocenters. The predicted molar refractivity (Wildman–Crippen MR) is 125 cm³/mol. The van der Waals surface area contributed by atoms with Crippen molar-refractivity contribution < 1.29 is 14.6 Å². The molecule has 1 aliphatic heterocycles. The Balaban J connectivity index is 1.28. The highest BCUT2D eigenvalue weighted by atomic mass is 35.5. The molecule has 0 aliphatic carbocycles. The molecular weight excluding hydrogens is 434 g/mol. The normalized spacial score (nSPS) is 17.5. The first kappa shape index (κ1) is 22.3. The van der Waals surface area contributed by atoms with Crippen molar-refractivity contribution in [3.8, 4) is 11.5 Å². The number of piperazine rings is 1. The molecule has 0 radical (unpaired) electrons. The summed E-state index contributed by atoms with van der Waals surface area (Å²) in [5, 5.41) is 12.1. The van der Waals surface area contributed by atoms with Gasteiger partial charge in [0.15, 0.2) is 6.23 Å². The van der Waals surface area contributed by atoms with Gasteiger partial charge in [-0.2, -0.15) is 0 Å². The summed E-state index contributed by atoms with van der Waals surface area (Å²) in [6.45, 7) is 8.73. The van der Waals surface area contributed by atoms with Crippen molar-refractivity contribution in [3.05, 3.63) is 52.5 Å². The van der Waals surface area contributed by atoms with Crippen LogP contribution in [-0.4, -0.2) is 71.6 Å². The quantitative estimate of drug-likeness (QED) is 0.546. The summed E-state index contributed by atoms with van der Waals surface area (Å²) in [7, 11) is 0. The predicted octanol–water partition coefficient (Wildman–Crippen LogP) is 4.04. The van der Waals surface area contributed by atoms with Gasteiger partial charge >= 0.3 is 0 Å². The van der Waals surface area contributed by atoms with E-state index in [0.29, 0.717) is 11.6 Å². The van der Waals surface area contributed by atoms with Gasteiger partial charge in [-0.3, -0.25) is 9.80 Å². The van der Waals surface area contributed by atoms with Crippen LogP contribution in [0.5, 0.6) is 11.5 Å². The third kappa shape index (κ3) is 5.87. The first-order valence-electron chi connectivity index (χ1n) is 10.5. The smallest absolute Gasteiger partial charge is 0.178 e. The van der Waals surface area contributed by atoms with Crippen LogP contribution in [0, 0.1) is 6.92 Å². The molecule has 31 heavy (non-hydrogen) atoms. The van der Waals surface area contributed by atoms with E-state index < -0.39 is 6.10 Å². The van der Waals surface area contributed by atoms with E-state index in [-0.39, 0.29) is 6.23 Å². The number of aliphatic hydroxyl groups is 1. The van der Waals surface area contributed by atoms with E-state index in [1.165, 1.54) is 0 Å². The molecule has 0 amide bonds. The molecule has 166 valence electrons. The molecule has 0 spiro atoms.